The lowest BCUT2D eigenvalue weighted by atomic mass is 9.96. The molecule has 22 heavy (non-hydrogen) atoms. The van der Waals surface area contributed by atoms with Crippen LogP contribution in [0.5, 0.6) is 0 Å². The Morgan fingerprint density at radius 2 is 2.05 bits per heavy atom. The van der Waals surface area contributed by atoms with Crippen molar-refractivity contribution in [2.75, 3.05) is 50.9 Å². The van der Waals surface area contributed by atoms with Gasteiger partial charge in [-0.25, -0.2) is 0 Å². The van der Waals surface area contributed by atoms with Crippen LogP contribution in [0.15, 0.2) is 4.99 Å². The number of ether oxygens (including phenoxy) is 1. The molecule has 2 saturated heterocycles. The summed E-state index contributed by atoms with van der Waals surface area (Å²) in [5, 5.41) is 6.86. The summed E-state index contributed by atoms with van der Waals surface area (Å²) in [6, 6.07) is 0. The molecule has 2 fully saturated rings. The fourth-order valence-electron chi connectivity index (χ4n) is 3.00. The predicted octanol–water partition coefficient (Wildman–Crippen LogP) is 1.55. The van der Waals surface area contributed by atoms with E-state index in [1.54, 1.807) is 0 Å². The molecular formula is C16H32N4OS. The van der Waals surface area contributed by atoms with Crippen molar-refractivity contribution in [2.24, 2.45) is 4.99 Å². The molecular weight excluding hydrogens is 296 g/mol. The van der Waals surface area contributed by atoms with Crippen LogP contribution in [0.1, 0.15) is 34.1 Å². The zero-order valence-electron chi connectivity index (χ0n) is 14.6. The third-order valence-corrected chi connectivity index (χ3v) is 5.37. The minimum atomic E-state index is 0.0254. The minimum absolute atomic E-state index is 0.0254. The highest BCUT2D eigenvalue weighted by molar-refractivity contribution is 7.99. The van der Waals surface area contributed by atoms with Gasteiger partial charge in [-0.1, -0.05) is 0 Å². The van der Waals surface area contributed by atoms with Gasteiger partial charge in [-0.3, -0.25) is 9.89 Å². The molecule has 2 aliphatic heterocycles. The van der Waals surface area contributed by atoms with Gasteiger partial charge in [0.2, 0.25) is 0 Å². The zero-order valence-corrected chi connectivity index (χ0v) is 15.4. The second-order valence-corrected chi connectivity index (χ2v) is 8.30. The normalized spacial score (nSPS) is 27.9. The molecule has 2 rings (SSSR count). The van der Waals surface area contributed by atoms with Gasteiger partial charge in [-0.15, -0.1) is 0 Å². The van der Waals surface area contributed by atoms with E-state index in [2.05, 4.69) is 55.0 Å². The molecule has 0 aromatic rings. The summed E-state index contributed by atoms with van der Waals surface area (Å²) < 4.78 is 5.53. The first kappa shape index (κ1) is 17.9. The van der Waals surface area contributed by atoms with Crippen molar-refractivity contribution >= 4 is 17.7 Å². The molecule has 0 spiro atoms. The van der Waals surface area contributed by atoms with E-state index in [9.17, 15) is 0 Å². The third-order valence-electron chi connectivity index (χ3n) is 4.13. The van der Waals surface area contributed by atoms with Crippen molar-refractivity contribution in [2.45, 2.75) is 45.2 Å². The van der Waals surface area contributed by atoms with E-state index in [-0.39, 0.29) is 11.1 Å². The number of morpholine rings is 1. The van der Waals surface area contributed by atoms with E-state index in [1.165, 1.54) is 17.9 Å². The number of hydrogen-bond acceptors (Lipinski definition) is 4. The SMILES string of the molecule is CCNC(=NCC1(N2CCOCC2)CCSC1)NC(C)(C)C. The highest BCUT2D eigenvalue weighted by Crippen LogP contribution is 2.34. The number of rotatable bonds is 4. The molecule has 1 unspecified atom stereocenters. The maximum absolute atomic E-state index is 5.53. The van der Waals surface area contributed by atoms with Gasteiger partial charge in [-0.05, 0) is 39.9 Å². The van der Waals surface area contributed by atoms with Gasteiger partial charge < -0.3 is 15.4 Å². The van der Waals surface area contributed by atoms with Crippen LogP contribution in [0.4, 0.5) is 0 Å². The highest BCUT2D eigenvalue weighted by atomic mass is 32.2. The monoisotopic (exact) mass is 328 g/mol. The van der Waals surface area contributed by atoms with Gasteiger partial charge in [0.15, 0.2) is 5.96 Å². The minimum Gasteiger partial charge on any atom is -0.379 e. The van der Waals surface area contributed by atoms with Gasteiger partial charge in [0.25, 0.3) is 0 Å². The number of nitrogens with one attached hydrogen (secondary N) is 2. The average molecular weight is 329 g/mol. The molecule has 6 heteroatoms. The lowest BCUT2D eigenvalue weighted by Gasteiger charge is -2.42. The smallest absolute Gasteiger partial charge is 0.191 e. The molecule has 0 amide bonds. The van der Waals surface area contributed by atoms with Crippen molar-refractivity contribution in [3.63, 3.8) is 0 Å². The number of thioether (sulfide) groups is 1. The summed E-state index contributed by atoms with van der Waals surface area (Å²) in [5.41, 5.74) is 0.242. The van der Waals surface area contributed by atoms with E-state index in [0.717, 1.165) is 45.4 Å². The maximum Gasteiger partial charge on any atom is 0.191 e. The average Bonchev–Trinajstić information content (AvgIpc) is 2.95. The second kappa shape index (κ2) is 7.88. The first-order valence-corrected chi connectivity index (χ1v) is 9.58. The van der Waals surface area contributed by atoms with Crippen LogP contribution >= 0.6 is 11.8 Å². The van der Waals surface area contributed by atoms with E-state index < -0.39 is 0 Å². The molecule has 0 bridgehead atoms. The van der Waals surface area contributed by atoms with Crippen molar-refractivity contribution in [3.8, 4) is 0 Å². The quantitative estimate of drug-likeness (QED) is 0.606. The van der Waals surface area contributed by atoms with Crippen LogP contribution < -0.4 is 10.6 Å². The fourth-order valence-corrected chi connectivity index (χ4v) is 4.46. The van der Waals surface area contributed by atoms with Crippen LogP contribution in [0, 0.1) is 0 Å². The molecule has 5 nitrogen and oxygen atoms in total. The van der Waals surface area contributed by atoms with Crippen LogP contribution in [0.2, 0.25) is 0 Å². The second-order valence-electron chi connectivity index (χ2n) is 7.20. The first-order chi connectivity index (χ1) is 10.5. The van der Waals surface area contributed by atoms with Crippen molar-refractivity contribution < 1.29 is 4.74 Å². The summed E-state index contributed by atoms with van der Waals surface area (Å²) in [6.45, 7) is 14.2. The molecule has 1 atom stereocenters. The number of hydrogen-bond donors (Lipinski definition) is 2. The number of nitrogens with zero attached hydrogens (tertiary/aromatic N) is 2. The lowest BCUT2D eigenvalue weighted by Crippen LogP contribution is -2.56. The molecule has 2 N–H and O–H groups in total. The molecule has 2 aliphatic rings. The van der Waals surface area contributed by atoms with E-state index in [1.807, 2.05) is 0 Å². The van der Waals surface area contributed by atoms with E-state index in [4.69, 9.17) is 9.73 Å². The Morgan fingerprint density at radius 3 is 2.59 bits per heavy atom. The summed E-state index contributed by atoms with van der Waals surface area (Å²) in [6.07, 6.45) is 1.23. The van der Waals surface area contributed by atoms with Crippen LogP contribution in [-0.4, -0.2) is 72.8 Å². The van der Waals surface area contributed by atoms with Gasteiger partial charge in [0.05, 0.1) is 25.3 Å². The summed E-state index contributed by atoms with van der Waals surface area (Å²) in [4.78, 5) is 7.54. The Kier molecular flexibility index (Phi) is 6.41. The third kappa shape index (κ3) is 5.03. The zero-order chi connectivity index (χ0) is 16.1. The molecule has 0 radical (unpaired) electrons. The largest absolute Gasteiger partial charge is 0.379 e. The first-order valence-electron chi connectivity index (χ1n) is 8.42. The summed E-state index contributed by atoms with van der Waals surface area (Å²) in [5.74, 6) is 3.36. The molecule has 128 valence electrons. The maximum atomic E-state index is 5.53. The molecule has 0 saturated carbocycles. The summed E-state index contributed by atoms with van der Waals surface area (Å²) >= 11 is 2.06. The van der Waals surface area contributed by atoms with Gasteiger partial charge in [-0.2, -0.15) is 11.8 Å². The molecule has 0 aliphatic carbocycles. The molecule has 0 aromatic heterocycles. The number of guanidine groups is 1. The standard InChI is InChI=1S/C16H32N4OS/c1-5-17-14(19-15(2,3)4)18-12-16(6-11-22-13-16)20-7-9-21-10-8-20/h5-13H2,1-4H3,(H2,17,18,19). The number of aliphatic imine (C=N–C) groups is 1. The predicted molar refractivity (Wildman–Crippen MR) is 95.9 cm³/mol. The molecule has 0 aromatic carbocycles. The topological polar surface area (TPSA) is 48.9 Å². The van der Waals surface area contributed by atoms with Gasteiger partial charge >= 0.3 is 0 Å². The van der Waals surface area contributed by atoms with Gasteiger partial charge in [0.1, 0.15) is 0 Å². The Hall–Kier alpha value is -0.460. The Labute approximate surface area is 139 Å². The van der Waals surface area contributed by atoms with Crippen molar-refractivity contribution in [3.05, 3.63) is 0 Å². The van der Waals surface area contributed by atoms with Crippen molar-refractivity contribution in [1.29, 1.82) is 0 Å². The fraction of sp³-hybridized carbons (Fsp3) is 0.938. The Morgan fingerprint density at radius 1 is 1.32 bits per heavy atom. The van der Waals surface area contributed by atoms with Crippen LogP contribution in [0.25, 0.3) is 0 Å². The van der Waals surface area contributed by atoms with Crippen LogP contribution in [0.3, 0.4) is 0 Å². The highest BCUT2D eigenvalue weighted by Gasteiger charge is 2.40. The summed E-state index contributed by atoms with van der Waals surface area (Å²) in [7, 11) is 0. The lowest BCUT2D eigenvalue weighted by molar-refractivity contribution is -0.0104. The Bertz CT molecular complexity index is 369. The van der Waals surface area contributed by atoms with Crippen LogP contribution in [-0.2, 0) is 4.74 Å². The Balaban J connectivity index is 2.06. The van der Waals surface area contributed by atoms with Gasteiger partial charge in [0, 0.05) is 30.9 Å². The van der Waals surface area contributed by atoms with E-state index in [0.29, 0.717) is 0 Å². The van der Waals surface area contributed by atoms with Crippen molar-refractivity contribution in [1.82, 2.24) is 15.5 Å². The van der Waals surface area contributed by atoms with E-state index >= 15 is 0 Å². The molecule has 2 heterocycles.